The molecular formula is C27H23FN4O5S. The summed E-state index contributed by atoms with van der Waals surface area (Å²) < 4.78 is 19.6. The van der Waals surface area contributed by atoms with E-state index in [1.54, 1.807) is 30.5 Å². The van der Waals surface area contributed by atoms with E-state index in [0.717, 1.165) is 21.6 Å². The summed E-state index contributed by atoms with van der Waals surface area (Å²) in [6.45, 7) is 3.78. The number of hydrogen-bond donors (Lipinski definition) is 1. The van der Waals surface area contributed by atoms with E-state index in [-0.39, 0.29) is 46.9 Å². The minimum absolute atomic E-state index is 0.0321. The summed E-state index contributed by atoms with van der Waals surface area (Å²) in [7, 11) is 0. The van der Waals surface area contributed by atoms with Crippen molar-refractivity contribution in [3.8, 4) is 5.69 Å². The number of hydrogen-bond acceptors (Lipinski definition) is 7. The van der Waals surface area contributed by atoms with Crippen LogP contribution in [0.4, 0.5) is 15.1 Å². The largest absolute Gasteiger partial charge is 0.461 e. The number of carbonyl (C=O) groups excluding carboxylic acids is 3. The van der Waals surface area contributed by atoms with Gasteiger partial charge in [-0.15, -0.1) is 11.3 Å². The average molecular weight is 535 g/mol. The molecule has 0 radical (unpaired) electrons. The van der Waals surface area contributed by atoms with Crippen LogP contribution in [0, 0.1) is 18.7 Å². The maximum Gasteiger partial charge on any atom is 0.359 e. The fraction of sp³-hybridized carbons (Fsp3) is 0.222. The van der Waals surface area contributed by atoms with E-state index in [1.165, 1.54) is 29.2 Å². The Morgan fingerprint density at radius 2 is 1.92 bits per heavy atom. The number of benzene rings is 2. The zero-order valence-corrected chi connectivity index (χ0v) is 21.4. The Balaban J connectivity index is 1.50. The Labute approximate surface area is 220 Å². The van der Waals surface area contributed by atoms with Gasteiger partial charge in [0.15, 0.2) is 5.69 Å². The van der Waals surface area contributed by atoms with Crippen LogP contribution in [-0.4, -0.2) is 40.7 Å². The minimum atomic E-state index is -0.689. The van der Waals surface area contributed by atoms with Crippen molar-refractivity contribution in [2.75, 3.05) is 23.4 Å². The van der Waals surface area contributed by atoms with Crippen molar-refractivity contribution in [2.45, 2.75) is 20.3 Å². The maximum atomic E-state index is 13.6. The van der Waals surface area contributed by atoms with Crippen molar-refractivity contribution >= 4 is 50.6 Å². The van der Waals surface area contributed by atoms with Crippen LogP contribution in [0.3, 0.4) is 0 Å². The molecular weight excluding hydrogens is 511 g/mol. The van der Waals surface area contributed by atoms with Crippen LogP contribution >= 0.6 is 11.3 Å². The highest BCUT2D eigenvalue weighted by Crippen LogP contribution is 2.32. The molecule has 1 aliphatic rings. The van der Waals surface area contributed by atoms with Crippen molar-refractivity contribution in [2.24, 2.45) is 5.92 Å². The van der Waals surface area contributed by atoms with E-state index < -0.39 is 29.2 Å². The van der Waals surface area contributed by atoms with Crippen molar-refractivity contribution in [3.63, 3.8) is 0 Å². The van der Waals surface area contributed by atoms with E-state index in [1.807, 2.05) is 13.0 Å². The summed E-state index contributed by atoms with van der Waals surface area (Å²) in [6, 6.07) is 12.6. The first-order valence-corrected chi connectivity index (χ1v) is 12.8. The first-order chi connectivity index (χ1) is 18.3. The lowest BCUT2D eigenvalue weighted by atomic mass is 10.1. The van der Waals surface area contributed by atoms with Gasteiger partial charge in [0.2, 0.25) is 11.8 Å². The number of aryl methyl sites for hydroxylation is 1. The van der Waals surface area contributed by atoms with Crippen molar-refractivity contribution < 1.29 is 23.5 Å². The summed E-state index contributed by atoms with van der Waals surface area (Å²) in [5.74, 6) is -2.50. The van der Waals surface area contributed by atoms with E-state index in [2.05, 4.69) is 10.4 Å². The van der Waals surface area contributed by atoms with Crippen LogP contribution in [0.25, 0.3) is 16.5 Å². The lowest BCUT2D eigenvalue weighted by molar-refractivity contribution is -0.122. The molecule has 2 aromatic heterocycles. The molecule has 1 N–H and O–H groups in total. The van der Waals surface area contributed by atoms with Crippen LogP contribution in [0.2, 0.25) is 0 Å². The molecule has 0 aliphatic carbocycles. The minimum Gasteiger partial charge on any atom is -0.461 e. The molecule has 2 aromatic carbocycles. The number of nitrogens with one attached hydrogen (secondary N) is 1. The molecule has 3 heterocycles. The van der Waals surface area contributed by atoms with Crippen LogP contribution in [0.15, 0.2) is 58.7 Å². The highest BCUT2D eigenvalue weighted by atomic mass is 32.1. The molecule has 11 heteroatoms. The van der Waals surface area contributed by atoms with Gasteiger partial charge in [-0.3, -0.25) is 14.4 Å². The van der Waals surface area contributed by atoms with Crippen LogP contribution in [0.5, 0.6) is 0 Å². The van der Waals surface area contributed by atoms with Gasteiger partial charge in [-0.1, -0.05) is 12.1 Å². The van der Waals surface area contributed by atoms with Crippen LogP contribution < -0.4 is 15.8 Å². The van der Waals surface area contributed by atoms with Gasteiger partial charge in [0.25, 0.3) is 5.56 Å². The maximum absolute atomic E-state index is 13.6. The number of thiophene rings is 1. The summed E-state index contributed by atoms with van der Waals surface area (Å²) in [5.41, 5.74) is 1.30. The number of nitrogens with zero attached hydrogens (tertiary/aromatic N) is 3. The molecule has 1 saturated heterocycles. The SMILES string of the molecule is CCOC(=O)c1nn(-c2cccc(C)c2)c(=O)c2c(NC(=O)C3CC(=O)N(c4ccc(F)cc4)C3)scc12. The highest BCUT2D eigenvalue weighted by molar-refractivity contribution is 7.16. The smallest absolute Gasteiger partial charge is 0.359 e. The number of fused-ring (bicyclic) bond motifs is 1. The van der Waals surface area contributed by atoms with Crippen molar-refractivity contribution in [1.29, 1.82) is 0 Å². The highest BCUT2D eigenvalue weighted by Gasteiger charge is 2.36. The molecule has 0 spiro atoms. The number of anilines is 2. The van der Waals surface area contributed by atoms with E-state index in [4.69, 9.17) is 4.74 Å². The topological polar surface area (TPSA) is 111 Å². The summed E-state index contributed by atoms with van der Waals surface area (Å²) >= 11 is 1.09. The predicted molar refractivity (Wildman–Crippen MR) is 141 cm³/mol. The molecule has 1 aliphatic heterocycles. The number of amides is 2. The first kappa shape index (κ1) is 25.3. The van der Waals surface area contributed by atoms with Gasteiger partial charge in [-0.2, -0.15) is 9.78 Å². The number of rotatable bonds is 6. The zero-order valence-electron chi connectivity index (χ0n) is 20.6. The molecule has 1 fully saturated rings. The molecule has 4 aromatic rings. The average Bonchev–Trinajstić information content (AvgIpc) is 3.49. The van der Waals surface area contributed by atoms with Gasteiger partial charge in [0, 0.05) is 29.4 Å². The fourth-order valence-electron chi connectivity index (χ4n) is 4.39. The van der Waals surface area contributed by atoms with Gasteiger partial charge >= 0.3 is 5.97 Å². The second-order valence-corrected chi connectivity index (χ2v) is 9.73. The normalized spacial score (nSPS) is 15.2. The number of aromatic nitrogens is 2. The number of halogens is 1. The summed E-state index contributed by atoms with van der Waals surface area (Å²) in [6.07, 6.45) is -0.0321. The summed E-state index contributed by atoms with van der Waals surface area (Å²) in [5, 5.41) is 9.32. The van der Waals surface area contributed by atoms with Crippen LogP contribution in [0.1, 0.15) is 29.4 Å². The van der Waals surface area contributed by atoms with Gasteiger partial charge in [-0.05, 0) is 55.8 Å². The third kappa shape index (κ3) is 4.68. The van der Waals surface area contributed by atoms with Gasteiger partial charge in [0.05, 0.1) is 23.6 Å². The zero-order chi connectivity index (χ0) is 27.0. The van der Waals surface area contributed by atoms with Gasteiger partial charge in [-0.25, -0.2) is 9.18 Å². The quantitative estimate of drug-likeness (QED) is 0.374. The van der Waals surface area contributed by atoms with E-state index >= 15 is 0 Å². The Hall–Kier alpha value is -4.38. The third-order valence-electron chi connectivity index (χ3n) is 6.24. The molecule has 0 saturated carbocycles. The van der Waals surface area contributed by atoms with E-state index in [0.29, 0.717) is 11.4 Å². The monoisotopic (exact) mass is 534 g/mol. The first-order valence-electron chi connectivity index (χ1n) is 11.9. The van der Waals surface area contributed by atoms with Crippen molar-refractivity contribution in [3.05, 3.63) is 81.3 Å². The Morgan fingerprint density at radius 3 is 2.63 bits per heavy atom. The third-order valence-corrected chi connectivity index (χ3v) is 7.13. The summed E-state index contributed by atoms with van der Waals surface area (Å²) in [4.78, 5) is 53.6. The molecule has 5 rings (SSSR count). The number of esters is 1. The fourth-order valence-corrected chi connectivity index (χ4v) is 5.33. The standard InChI is InChI=1S/C27H23FN4O5S/c1-3-37-27(36)23-20-14-38-25(22(20)26(35)32(30-23)19-6-4-5-15(2)11-19)29-24(34)16-12-21(33)31(13-16)18-9-7-17(28)8-10-18/h4-11,14,16H,3,12-13H2,1-2H3,(H,29,34). The van der Waals surface area contributed by atoms with Gasteiger partial charge < -0.3 is 15.0 Å². The molecule has 2 amide bonds. The van der Waals surface area contributed by atoms with Crippen LogP contribution in [-0.2, 0) is 14.3 Å². The molecule has 0 bridgehead atoms. The Kier molecular flexibility index (Phi) is 6.77. The molecule has 9 nitrogen and oxygen atoms in total. The Morgan fingerprint density at radius 1 is 1.16 bits per heavy atom. The van der Waals surface area contributed by atoms with Crippen molar-refractivity contribution in [1.82, 2.24) is 9.78 Å². The lowest BCUT2D eigenvalue weighted by Gasteiger charge is -2.16. The van der Waals surface area contributed by atoms with Gasteiger partial charge in [0.1, 0.15) is 10.8 Å². The number of carbonyl (C=O) groups is 3. The Bertz CT molecular complexity index is 1630. The molecule has 194 valence electrons. The second-order valence-electron chi connectivity index (χ2n) is 8.85. The molecule has 38 heavy (non-hydrogen) atoms. The molecule has 1 atom stereocenters. The predicted octanol–water partition coefficient (Wildman–Crippen LogP) is 4.06. The second kappa shape index (κ2) is 10.2. The lowest BCUT2D eigenvalue weighted by Crippen LogP contribution is -2.29. The molecule has 1 unspecified atom stereocenters. The van der Waals surface area contributed by atoms with E-state index in [9.17, 15) is 23.6 Å². The number of ether oxygens (including phenoxy) is 1.